The minimum Gasteiger partial charge on any atom is -0.463 e. The molecule has 0 aromatic rings. The maximum atomic E-state index is 11.1. The van der Waals surface area contributed by atoms with Crippen LogP contribution in [0.1, 0.15) is 66.2 Å². The van der Waals surface area contributed by atoms with E-state index in [0.29, 0.717) is 10.8 Å². The predicted molar refractivity (Wildman–Crippen MR) is 68.6 cm³/mol. The van der Waals surface area contributed by atoms with Crippen LogP contribution in [-0.2, 0) is 9.53 Å². The molecule has 0 aliphatic heterocycles. The summed E-state index contributed by atoms with van der Waals surface area (Å²) in [6.07, 6.45) is 7.50. The zero-order chi connectivity index (χ0) is 12.7. The first-order chi connectivity index (χ1) is 7.83. The van der Waals surface area contributed by atoms with E-state index in [0.717, 1.165) is 18.8 Å². The van der Waals surface area contributed by atoms with Crippen LogP contribution in [0.4, 0.5) is 0 Å². The van der Waals surface area contributed by atoms with Crippen molar-refractivity contribution in [2.75, 3.05) is 0 Å². The summed E-state index contributed by atoms with van der Waals surface area (Å²) >= 11 is 0. The van der Waals surface area contributed by atoms with Crippen LogP contribution in [-0.4, -0.2) is 12.1 Å². The average Bonchev–Trinajstić information content (AvgIpc) is 2.13. The molecule has 0 radical (unpaired) electrons. The summed E-state index contributed by atoms with van der Waals surface area (Å²) in [5, 5.41) is 0. The van der Waals surface area contributed by atoms with Crippen molar-refractivity contribution in [1.82, 2.24) is 0 Å². The Morgan fingerprint density at radius 3 is 2.53 bits per heavy atom. The van der Waals surface area contributed by atoms with Crippen molar-refractivity contribution in [1.29, 1.82) is 0 Å². The van der Waals surface area contributed by atoms with Crippen LogP contribution in [0.2, 0.25) is 0 Å². The topological polar surface area (TPSA) is 26.3 Å². The van der Waals surface area contributed by atoms with E-state index < -0.39 is 0 Å². The first-order valence-corrected chi connectivity index (χ1v) is 7.01. The standard InChI is InChI=1S/C15H26O2/c1-11(16)17-12-6-7-13-14(2,3)8-5-9-15(13,4)10-12/h12-13H,5-10H2,1-4H3/t12-,13-,15+/m0/s1. The third kappa shape index (κ3) is 2.51. The van der Waals surface area contributed by atoms with Gasteiger partial charge in [-0.3, -0.25) is 4.79 Å². The molecule has 0 aromatic heterocycles. The zero-order valence-corrected chi connectivity index (χ0v) is 11.7. The molecule has 17 heavy (non-hydrogen) atoms. The van der Waals surface area contributed by atoms with Crippen molar-refractivity contribution in [3.63, 3.8) is 0 Å². The Kier molecular flexibility index (Phi) is 3.26. The maximum Gasteiger partial charge on any atom is 0.302 e. The summed E-state index contributed by atoms with van der Waals surface area (Å²) in [6.45, 7) is 8.77. The molecular formula is C15H26O2. The van der Waals surface area contributed by atoms with Crippen LogP contribution >= 0.6 is 0 Å². The molecule has 2 heteroatoms. The lowest BCUT2D eigenvalue weighted by Crippen LogP contribution is -2.47. The fourth-order valence-electron chi connectivity index (χ4n) is 4.53. The largest absolute Gasteiger partial charge is 0.463 e. The van der Waals surface area contributed by atoms with E-state index in [-0.39, 0.29) is 12.1 Å². The van der Waals surface area contributed by atoms with Crippen LogP contribution in [0.5, 0.6) is 0 Å². The van der Waals surface area contributed by atoms with Crippen LogP contribution in [0.3, 0.4) is 0 Å². The minimum absolute atomic E-state index is 0.118. The highest BCUT2D eigenvalue weighted by Crippen LogP contribution is 2.57. The number of esters is 1. The van der Waals surface area contributed by atoms with Gasteiger partial charge in [0.2, 0.25) is 0 Å². The molecule has 98 valence electrons. The molecule has 0 bridgehead atoms. The lowest BCUT2D eigenvalue weighted by molar-refractivity contribution is -0.155. The Labute approximate surface area is 105 Å². The van der Waals surface area contributed by atoms with Crippen LogP contribution in [0.15, 0.2) is 0 Å². The number of carbonyl (C=O) groups is 1. The number of carbonyl (C=O) groups excluding carboxylic acids is 1. The smallest absolute Gasteiger partial charge is 0.302 e. The molecule has 0 spiro atoms. The lowest BCUT2D eigenvalue weighted by atomic mass is 9.51. The van der Waals surface area contributed by atoms with E-state index >= 15 is 0 Å². The van der Waals surface area contributed by atoms with E-state index in [1.165, 1.54) is 32.6 Å². The maximum absolute atomic E-state index is 11.1. The first-order valence-electron chi connectivity index (χ1n) is 7.01. The molecule has 3 atom stereocenters. The van der Waals surface area contributed by atoms with Gasteiger partial charge in [0.15, 0.2) is 0 Å². The second-order valence-electron chi connectivity index (χ2n) is 7.06. The van der Waals surface area contributed by atoms with Gasteiger partial charge in [-0.05, 0) is 48.9 Å². The van der Waals surface area contributed by atoms with E-state index in [1.54, 1.807) is 0 Å². The molecule has 2 nitrogen and oxygen atoms in total. The molecular weight excluding hydrogens is 212 g/mol. The molecule has 2 saturated carbocycles. The van der Waals surface area contributed by atoms with Crippen molar-refractivity contribution in [2.24, 2.45) is 16.7 Å². The predicted octanol–water partition coefficient (Wildman–Crippen LogP) is 3.93. The van der Waals surface area contributed by atoms with E-state index in [4.69, 9.17) is 4.74 Å². The van der Waals surface area contributed by atoms with Gasteiger partial charge in [0.05, 0.1) is 0 Å². The highest BCUT2D eigenvalue weighted by atomic mass is 16.5. The quantitative estimate of drug-likeness (QED) is 0.647. The number of hydrogen-bond donors (Lipinski definition) is 0. The Morgan fingerprint density at radius 1 is 1.18 bits per heavy atom. The summed E-state index contributed by atoms with van der Waals surface area (Å²) < 4.78 is 5.43. The highest BCUT2D eigenvalue weighted by molar-refractivity contribution is 5.66. The summed E-state index contributed by atoms with van der Waals surface area (Å²) in [6, 6.07) is 0. The molecule has 0 aromatic carbocycles. The van der Waals surface area contributed by atoms with Gasteiger partial charge < -0.3 is 4.74 Å². The molecule has 2 aliphatic rings. The summed E-state index contributed by atoms with van der Waals surface area (Å²) in [4.78, 5) is 11.1. The normalized spacial score (nSPS) is 40.5. The van der Waals surface area contributed by atoms with Crippen molar-refractivity contribution >= 4 is 5.97 Å². The molecule has 0 N–H and O–H groups in total. The van der Waals surface area contributed by atoms with Gasteiger partial charge >= 0.3 is 5.97 Å². The van der Waals surface area contributed by atoms with Crippen LogP contribution in [0, 0.1) is 16.7 Å². The Hall–Kier alpha value is -0.530. The summed E-state index contributed by atoms with van der Waals surface area (Å²) in [5.74, 6) is 0.683. The second kappa shape index (κ2) is 4.29. The SMILES string of the molecule is CC(=O)O[C@H]1CC[C@H]2C(C)(C)CCC[C@]2(C)C1. The Bertz CT molecular complexity index is 308. The molecule has 2 rings (SSSR count). The lowest BCUT2D eigenvalue weighted by Gasteiger charge is -2.55. The van der Waals surface area contributed by atoms with Crippen LogP contribution in [0.25, 0.3) is 0 Å². The highest BCUT2D eigenvalue weighted by Gasteiger charge is 2.49. The molecule has 2 aliphatic carbocycles. The van der Waals surface area contributed by atoms with Crippen molar-refractivity contribution in [3.05, 3.63) is 0 Å². The number of ether oxygens (including phenoxy) is 1. The van der Waals surface area contributed by atoms with E-state index in [2.05, 4.69) is 20.8 Å². The number of hydrogen-bond acceptors (Lipinski definition) is 2. The fourth-order valence-corrected chi connectivity index (χ4v) is 4.53. The van der Waals surface area contributed by atoms with Gasteiger partial charge in [0, 0.05) is 6.92 Å². The van der Waals surface area contributed by atoms with Gasteiger partial charge in [-0.25, -0.2) is 0 Å². The molecule has 0 heterocycles. The Balaban J connectivity index is 2.10. The van der Waals surface area contributed by atoms with E-state index in [9.17, 15) is 4.79 Å². The van der Waals surface area contributed by atoms with Crippen molar-refractivity contribution in [3.8, 4) is 0 Å². The second-order valence-corrected chi connectivity index (χ2v) is 7.06. The molecule has 2 fully saturated rings. The minimum atomic E-state index is -0.118. The van der Waals surface area contributed by atoms with Gasteiger partial charge in [-0.15, -0.1) is 0 Å². The van der Waals surface area contributed by atoms with Gasteiger partial charge in [0.1, 0.15) is 6.10 Å². The van der Waals surface area contributed by atoms with Crippen molar-refractivity contribution < 1.29 is 9.53 Å². The first kappa shape index (κ1) is 12.9. The zero-order valence-electron chi connectivity index (χ0n) is 11.7. The molecule has 0 amide bonds. The number of fused-ring (bicyclic) bond motifs is 1. The Morgan fingerprint density at radius 2 is 1.88 bits per heavy atom. The van der Waals surface area contributed by atoms with Gasteiger partial charge in [-0.2, -0.15) is 0 Å². The third-order valence-electron chi connectivity index (χ3n) is 5.16. The van der Waals surface area contributed by atoms with E-state index in [1.807, 2.05) is 0 Å². The fraction of sp³-hybridized carbons (Fsp3) is 0.933. The molecule has 0 saturated heterocycles. The molecule has 0 unspecified atom stereocenters. The number of rotatable bonds is 1. The van der Waals surface area contributed by atoms with Gasteiger partial charge in [0.25, 0.3) is 0 Å². The monoisotopic (exact) mass is 238 g/mol. The van der Waals surface area contributed by atoms with Crippen LogP contribution < -0.4 is 0 Å². The summed E-state index contributed by atoms with van der Waals surface area (Å²) in [7, 11) is 0. The third-order valence-corrected chi connectivity index (χ3v) is 5.16. The van der Waals surface area contributed by atoms with Crippen molar-refractivity contribution in [2.45, 2.75) is 72.3 Å². The average molecular weight is 238 g/mol. The summed E-state index contributed by atoms with van der Waals surface area (Å²) in [5.41, 5.74) is 0.855. The van der Waals surface area contributed by atoms with Gasteiger partial charge in [-0.1, -0.05) is 27.2 Å².